The fourth-order valence-electron chi connectivity index (χ4n) is 14.2. The standard InChI is InChI=1S/C43H69NO7/c1-26(2)34-28(46)22-43(31(47)24-44-21-11-12-27(44)25-45)20-19-42(10)40(8)17-13-29-38(5,6)32(51-33(48)23-37(3,4)36(49)50)15-16-39(29,7)30(40)14-18-41(42,9)35(34)43/h26-27,29-32,45,47H,11-25H2,1-10H3,(H,49,50)/t27-,29-,30+,31+,32-,39-,40+,41+,42-,43-/m0/s1. The predicted octanol–water partition coefficient (Wildman–Crippen LogP) is 7.59. The molecule has 51 heavy (non-hydrogen) atoms. The topological polar surface area (TPSA) is 124 Å². The number of aliphatic hydroxyl groups is 2. The Balaban J connectivity index is 1.32. The number of hydrogen-bond acceptors (Lipinski definition) is 7. The van der Waals surface area contributed by atoms with Gasteiger partial charge in [0.1, 0.15) is 6.10 Å². The highest BCUT2D eigenvalue weighted by atomic mass is 16.5. The minimum Gasteiger partial charge on any atom is -0.481 e. The monoisotopic (exact) mass is 712 g/mol. The number of fused-ring (bicyclic) bond motifs is 7. The van der Waals surface area contributed by atoms with Crippen LogP contribution in [0.25, 0.3) is 0 Å². The highest BCUT2D eigenvalue weighted by Crippen LogP contribution is 2.80. The number of rotatable bonds is 9. The number of aliphatic carboxylic acids is 1. The number of nitrogens with zero attached hydrogens (tertiary/aromatic N) is 1. The molecule has 1 saturated heterocycles. The summed E-state index contributed by atoms with van der Waals surface area (Å²) in [6.45, 7) is 23.6. The zero-order valence-corrected chi connectivity index (χ0v) is 33.5. The number of hydrogen-bond donors (Lipinski definition) is 3. The number of Topliss-reactive ketones (excluding diaryl/α,β-unsaturated/α-hetero) is 1. The van der Waals surface area contributed by atoms with E-state index in [-0.39, 0.29) is 63.9 Å². The molecule has 1 heterocycles. The van der Waals surface area contributed by atoms with Crippen LogP contribution >= 0.6 is 0 Å². The lowest BCUT2D eigenvalue weighted by atomic mass is 9.29. The predicted molar refractivity (Wildman–Crippen MR) is 198 cm³/mol. The van der Waals surface area contributed by atoms with E-state index < -0.39 is 28.9 Å². The number of β-amino-alcohol motifs (C(OH)–C–C–N with tert-alkyl or cyclic N) is 1. The fourth-order valence-corrected chi connectivity index (χ4v) is 14.2. The Hall–Kier alpha value is -1.77. The molecule has 5 fully saturated rings. The fraction of sp³-hybridized carbons (Fsp3) is 0.884. The zero-order valence-electron chi connectivity index (χ0n) is 33.5. The van der Waals surface area contributed by atoms with Gasteiger partial charge in [0.25, 0.3) is 0 Å². The largest absolute Gasteiger partial charge is 0.481 e. The summed E-state index contributed by atoms with van der Waals surface area (Å²) < 4.78 is 6.17. The van der Waals surface area contributed by atoms with Gasteiger partial charge in [-0.15, -0.1) is 0 Å². The molecule has 288 valence electrons. The molecule has 0 unspecified atom stereocenters. The number of likely N-dealkylation sites (tertiary alicyclic amines) is 1. The molecule has 6 rings (SSSR count). The van der Waals surface area contributed by atoms with Crippen LogP contribution in [0.3, 0.4) is 0 Å². The van der Waals surface area contributed by atoms with Crippen molar-refractivity contribution < 1.29 is 34.4 Å². The molecule has 0 aromatic rings. The molecule has 5 aliphatic carbocycles. The van der Waals surface area contributed by atoms with Gasteiger partial charge in [-0.25, -0.2) is 0 Å². The Morgan fingerprint density at radius 3 is 2.24 bits per heavy atom. The van der Waals surface area contributed by atoms with Crippen molar-refractivity contribution in [2.75, 3.05) is 19.7 Å². The Labute approximate surface area is 307 Å². The molecule has 0 spiro atoms. The van der Waals surface area contributed by atoms with Gasteiger partial charge in [-0.05, 0) is 135 Å². The van der Waals surface area contributed by atoms with E-state index in [4.69, 9.17) is 4.74 Å². The van der Waals surface area contributed by atoms with Gasteiger partial charge in [0.2, 0.25) is 0 Å². The Kier molecular flexibility index (Phi) is 9.66. The van der Waals surface area contributed by atoms with Gasteiger partial charge in [0.15, 0.2) is 5.78 Å². The molecule has 8 nitrogen and oxygen atoms in total. The molecule has 4 saturated carbocycles. The second kappa shape index (κ2) is 12.6. The summed E-state index contributed by atoms with van der Waals surface area (Å²) in [5.41, 5.74) is 0.0559. The quantitative estimate of drug-likeness (QED) is 0.209. The number of esters is 1. The lowest BCUT2D eigenvalue weighted by molar-refractivity contribution is -0.252. The summed E-state index contributed by atoms with van der Waals surface area (Å²) in [4.78, 5) is 41.3. The van der Waals surface area contributed by atoms with E-state index in [0.29, 0.717) is 24.8 Å². The number of aliphatic hydroxyl groups excluding tert-OH is 2. The van der Waals surface area contributed by atoms with E-state index >= 15 is 0 Å². The minimum absolute atomic E-state index is 0.0190. The van der Waals surface area contributed by atoms with Crippen LogP contribution in [0.1, 0.15) is 146 Å². The highest BCUT2D eigenvalue weighted by Gasteiger charge is 2.74. The minimum atomic E-state index is -1.17. The van der Waals surface area contributed by atoms with Crippen molar-refractivity contribution in [3.05, 3.63) is 11.1 Å². The summed E-state index contributed by atoms with van der Waals surface area (Å²) in [6.07, 6.45) is 9.04. The first kappa shape index (κ1) is 38.9. The molecule has 0 aromatic carbocycles. The van der Waals surface area contributed by atoms with Crippen molar-refractivity contribution in [2.45, 2.75) is 165 Å². The molecular formula is C43H69NO7. The summed E-state index contributed by atoms with van der Waals surface area (Å²) in [6, 6.07) is 0.0827. The summed E-state index contributed by atoms with van der Waals surface area (Å²) in [7, 11) is 0. The maximum Gasteiger partial charge on any atom is 0.309 e. The Morgan fingerprint density at radius 2 is 1.61 bits per heavy atom. The van der Waals surface area contributed by atoms with Crippen LogP contribution in [0.15, 0.2) is 11.1 Å². The molecule has 1 aliphatic heterocycles. The molecule has 8 heteroatoms. The second-order valence-electron chi connectivity index (χ2n) is 20.7. The highest BCUT2D eigenvalue weighted by molar-refractivity contribution is 6.01. The van der Waals surface area contributed by atoms with E-state index in [1.807, 2.05) is 0 Å². The van der Waals surface area contributed by atoms with Gasteiger partial charge < -0.3 is 20.1 Å². The van der Waals surface area contributed by atoms with Crippen molar-refractivity contribution >= 4 is 17.7 Å². The van der Waals surface area contributed by atoms with Gasteiger partial charge in [0, 0.05) is 29.8 Å². The van der Waals surface area contributed by atoms with Crippen molar-refractivity contribution in [2.24, 2.45) is 55.7 Å². The number of carbonyl (C=O) groups excluding carboxylic acids is 2. The van der Waals surface area contributed by atoms with Crippen molar-refractivity contribution in [1.82, 2.24) is 4.90 Å². The maximum atomic E-state index is 14.2. The van der Waals surface area contributed by atoms with Crippen molar-refractivity contribution in [3.63, 3.8) is 0 Å². The van der Waals surface area contributed by atoms with Crippen LogP contribution in [-0.4, -0.2) is 75.9 Å². The van der Waals surface area contributed by atoms with Crippen LogP contribution in [0.2, 0.25) is 0 Å². The molecule has 10 atom stereocenters. The van der Waals surface area contributed by atoms with Gasteiger partial charge in [0.05, 0.1) is 24.5 Å². The van der Waals surface area contributed by atoms with Crippen LogP contribution in [0.4, 0.5) is 0 Å². The molecule has 0 bridgehead atoms. The van der Waals surface area contributed by atoms with Gasteiger partial charge in [-0.2, -0.15) is 0 Å². The van der Waals surface area contributed by atoms with Gasteiger partial charge in [-0.3, -0.25) is 19.3 Å². The summed E-state index contributed by atoms with van der Waals surface area (Å²) in [5, 5.41) is 32.1. The van der Waals surface area contributed by atoms with Crippen LogP contribution in [0, 0.1) is 55.7 Å². The number of ketones is 1. The van der Waals surface area contributed by atoms with Crippen LogP contribution in [0.5, 0.6) is 0 Å². The average molecular weight is 712 g/mol. The average Bonchev–Trinajstić information content (AvgIpc) is 3.61. The smallest absolute Gasteiger partial charge is 0.309 e. The third kappa shape index (κ3) is 5.47. The van der Waals surface area contributed by atoms with E-state index in [0.717, 1.165) is 76.3 Å². The van der Waals surface area contributed by atoms with Crippen molar-refractivity contribution in [1.29, 1.82) is 0 Å². The maximum absolute atomic E-state index is 14.2. The first-order valence-electron chi connectivity index (χ1n) is 20.3. The number of allylic oxidation sites excluding steroid dienone is 1. The third-order valence-electron chi connectivity index (χ3n) is 17.3. The molecule has 0 amide bonds. The van der Waals surface area contributed by atoms with E-state index in [1.54, 1.807) is 13.8 Å². The van der Waals surface area contributed by atoms with E-state index in [9.17, 15) is 29.7 Å². The first-order valence-corrected chi connectivity index (χ1v) is 20.3. The van der Waals surface area contributed by atoms with E-state index in [2.05, 4.69) is 60.3 Å². The molecule has 0 aromatic heterocycles. The molecule has 0 radical (unpaired) electrons. The molecular weight excluding hydrogens is 642 g/mol. The summed E-state index contributed by atoms with van der Waals surface area (Å²) in [5.74, 6) is -0.260. The molecule has 6 aliphatic rings. The number of carboxylic acids is 1. The second-order valence-corrected chi connectivity index (χ2v) is 20.7. The Bertz CT molecular complexity index is 1470. The lowest BCUT2D eigenvalue weighted by Crippen LogP contribution is -2.69. The first-order chi connectivity index (χ1) is 23.6. The number of ether oxygens (including phenoxy) is 1. The van der Waals surface area contributed by atoms with Crippen LogP contribution < -0.4 is 0 Å². The zero-order chi connectivity index (χ0) is 37.7. The molecule has 3 N–H and O–H groups in total. The van der Waals surface area contributed by atoms with Gasteiger partial charge in [-0.1, -0.05) is 55.4 Å². The number of carbonyl (C=O) groups is 3. The number of carboxylic acid groups (broad SMARTS) is 1. The SMILES string of the molecule is CC(C)C1=C2[C@@]([C@H](O)CN3CCC[C@H]3CO)(CC[C@]3(C)[C@]2(C)CC[C@@H]2[C@@]4(C)CC[C@H](OC(=O)CC(C)(C)C(=O)O)C(C)(C)[C@@H]4CC[C@]23C)CC1=O. The Morgan fingerprint density at radius 1 is 0.941 bits per heavy atom. The van der Waals surface area contributed by atoms with E-state index in [1.165, 1.54) is 5.57 Å². The summed E-state index contributed by atoms with van der Waals surface area (Å²) >= 11 is 0. The normalized spacial score (nSPS) is 43.0. The van der Waals surface area contributed by atoms with Gasteiger partial charge >= 0.3 is 11.9 Å². The van der Waals surface area contributed by atoms with Crippen molar-refractivity contribution in [3.8, 4) is 0 Å². The lowest BCUT2D eigenvalue weighted by Gasteiger charge is -2.75. The van der Waals surface area contributed by atoms with Crippen LogP contribution in [-0.2, 0) is 19.1 Å². The third-order valence-corrected chi connectivity index (χ3v) is 17.3.